The maximum atomic E-state index is 12.9. The smallest absolute Gasteiger partial charge is 0.243 e. The van der Waals surface area contributed by atoms with E-state index in [9.17, 15) is 12.8 Å². The van der Waals surface area contributed by atoms with Crippen LogP contribution >= 0.6 is 0 Å². The van der Waals surface area contributed by atoms with Crippen LogP contribution in [0.2, 0.25) is 0 Å². The number of nitriles is 1. The van der Waals surface area contributed by atoms with Crippen LogP contribution in [0.25, 0.3) is 0 Å². The van der Waals surface area contributed by atoms with Crippen LogP contribution in [0.5, 0.6) is 0 Å². The zero-order chi connectivity index (χ0) is 15.5. The van der Waals surface area contributed by atoms with Crippen molar-refractivity contribution in [1.29, 1.82) is 5.26 Å². The first kappa shape index (κ1) is 15.9. The van der Waals surface area contributed by atoms with Crippen LogP contribution in [0.3, 0.4) is 0 Å². The first-order chi connectivity index (χ1) is 9.93. The Labute approximate surface area is 124 Å². The average molecular weight is 311 g/mol. The van der Waals surface area contributed by atoms with Gasteiger partial charge in [-0.25, -0.2) is 12.8 Å². The van der Waals surface area contributed by atoms with E-state index in [0.717, 1.165) is 12.1 Å². The number of benzene rings is 1. The van der Waals surface area contributed by atoms with Crippen molar-refractivity contribution in [3.8, 4) is 6.07 Å². The van der Waals surface area contributed by atoms with Gasteiger partial charge in [-0.3, -0.25) is 4.90 Å². The number of hydrogen-bond acceptors (Lipinski definition) is 4. The summed E-state index contributed by atoms with van der Waals surface area (Å²) in [5, 5.41) is 8.80. The van der Waals surface area contributed by atoms with Crippen LogP contribution in [0, 0.1) is 23.1 Å². The first-order valence-corrected chi connectivity index (χ1v) is 8.25. The van der Waals surface area contributed by atoms with E-state index in [4.69, 9.17) is 5.26 Å². The molecule has 0 aromatic heterocycles. The molecular formula is C14H18FN3O2S. The fourth-order valence-electron chi connectivity index (χ4n) is 2.34. The highest BCUT2D eigenvalue weighted by atomic mass is 32.2. The van der Waals surface area contributed by atoms with Gasteiger partial charge in [0.05, 0.1) is 16.9 Å². The molecule has 0 unspecified atom stereocenters. The summed E-state index contributed by atoms with van der Waals surface area (Å²) in [6.07, 6.45) is 0. The molecule has 0 N–H and O–H groups in total. The molecule has 1 heterocycles. The van der Waals surface area contributed by atoms with Gasteiger partial charge in [0, 0.05) is 32.7 Å². The van der Waals surface area contributed by atoms with Gasteiger partial charge >= 0.3 is 0 Å². The van der Waals surface area contributed by atoms with E-state index in [1.807, 2.05) is 6.92 Å². The maximum absolute atomic E-state index is 12.9. The zero-order valence-electron chi connectivity index (χ0n) is 11.9. The van der Waals surface area contributed by atoms with Crippen LogP contribution in [0.15, 0.2) is 29.2 Å². The normalized spacial score (nSPS) is 19.1. The van der Waals surface area contributed by atoms with Crippen LogP contribution in [-0.2, 0) is 10.0 Å². The Balaban J connectivity index is 2.01. The molecule has 1 fully saturated rings. The molecule has 0 amide bonds. The Bertz CT molecular complexity index is 617. The summed E-state index contributed by atoms with van der Waals surface area (Å²) >= 11 is 0. The molecular weight excluding hydrogens is 293 g/mol. The SMILES string of the molecule is C[C@@H](C#N)CN1CCN(S(=O)(=O)c2ccc(F)cc2)CC1. The second-order valence-corrected chi connectivity index (χ2v) is 7.13. The lowest BCUT2D eigenvalue weighted by atomic mass is 10.2. The number of sulfonamides is 1. The van der Waals surface area contributed by atoms with E-state index in [1.54, 1.807) is 0 Å². The molecule has 1 aromatic rings. The highest BCUT2D eigenvalue weighted by molar-refractivity contribution is 7.89. The first-order valence-electron chi connectivity index (χ1n) is 6.81. The molecule has 1 atom stereocenters. The second-order valence-electron chi connectivity index (χ2n) is 5.19. The minimum atomic E-state index is -3.56. The van der Waals surface area contributed by atoms with Crippen molar-refractivity contribution < 1.29 is 12.8 Å². The van der Waals surface area contributed by atoms with Crippen LogP contribution in [0.4, 0.5) is 4.39 Å². The van der Waals surface area contributed by atoms with Crippen molar-refractivity contribution in [2.24, 2.45) is 5.92 Å². The van der Waals surface area contributed by atoms with Gasteiger partial charge in [-0.15, -0.1) is 0 Å². The van der Waals surface area contributed by atoms with Crippen molar-refractivity contribution in [3.63, 3.8) is 0 Å². The van der Waals surface area contributed by atoms with Crippen molar-refractivity contribution in [2.45, 2.75) is 11.8 Å². The third kappa shape index (κ3) is 3.79. The molecule has 1 aliphatic heterocycles. The van der Waals surface area contributed by atoms with Gasteiger partial charge in [-0.05, 0) is 31.2 Å². The Morgan fingerprint density at radius 1 is 1.24 bits per heavy atom. The Hall–Kier alpha value is -1.49. The molecule has 0 saturated carbocycles. The van der Waals surface area contributed by atoms with Crippen molar-refractivity contribution in [3.05, 3.63) is 30.1 Å². The van der Waals surface area contributed by atoms with Crippen molar-refractivity contribution >= 4 is 10.0 Å². The summed E-state index contributed by atoms with van der Waals surface area (Å²) in [6.45, 7) is 4.48. The molecule has 5 nitrogen and oxygen atoms in total. The van der Waals surface area contributed by atoms with Crippen LogP contribution < -0.4 is 0 Å². The number of rotatable bonds is 4. The molecule has 7 heteroatoms. The number of hydrogen-bond donors (Lipinski definition) is 0. The average Bonchev–Trinajstić information content (AvgIpc) is 2.48. The van der Waals surface area contributed by atoms with Crippen LogP contribution in [0.1, 0.15) is 6.92 Å². The van der Waals surface area contributed by atoms with Crippen molar-refractivity contribution in [1.82, 2.24) is 9.21 Å². The molecule has 0 aliphatic carbocycles. The van der Waals surface area contributed by atoms with Gasteiger partial charge in [0.25, 0.3) is 0 Å². The molecule has 2 rings (SSSR count). The van der Waals surface area contributed by atoms with Gasteiger partial charge < -0.3 is 0 Å². The molecule has 114 valence electrons. The van der Waals surface area contributed by atoms with E-state index in [0.29, 0.717) is 32.7 Å². The van der Waals surface area contributed by atoms with E-state index < -0.39 is 15.8 Å². The molecule has 1 saturated heterocycles. The highest BCUT2D eigenvalue weighted by Gasteiger charge is 2.28. The molecule has 0 spiro atoms. The summed E-state index contributed by atoms with van der Waals surface area (Å²) in [5.74, 6) is -0.519. The highest BCUT2D eigenvalue weighted by Crippen LogP contribution is 2.18. The Morgan fingerprint density at radius 3 is 2.33 bits per heavy atom. The summed E-state index contributed by atoms with van der Waals surface area (Å²) in [5.41, 5.74) is 0. The van der Waals surface area contributed by atoms with Gasteiger partial charge in [0.2, 0.25) is 10.0 Å². The van der Waals surface area contributed by atoms with Crippen molar-refractivity contribution in [2.75, 3.05) is 32.7 Å². The van der Waals surface area contributed by atoms with E-state index in [1.165, 1.54) is 16.4 Å². The number of piperazine rings is 1. The largest absolute Gasteiger partial charge is 0.299 e. The zero-order valence-corrected chi connectivity index (χ0v) is 12.7. The van der Waals surface area contributed by atoms with Gasteiger partial charge in [0.1, 0.15) is 5.82 Å². The van der Waals surface area contributed by atoms with E-state index >= 15 is 0 Å². The van der Waals surface area contributed by atoms with Crippen LogP contribution in [-0.4, -0.2) is 50.3 Å². The Kier molecular flexibility index (Phi) is 4.93. The lowest BCUT2D eigenvalue weighted by Crippen LogP contribution is -2.49. The molecule has 1 aromatic carbocycles. The summed E-state index contributed by atoms with van der Waals surface area (Å²) in [7, 11) is -3.56. The fourth-order valence-corrected chi connectivity index (χ4v) is 3.76. The number of halogens is 1. The third-order valence-electron chi connectivity index (χ3n) is 3.54. The lowest BCUT2D eigenvalue weighted by molar-refractivity contribution is 0.178. The Morgan fingerprint density at radius 2 is 1.81 bits per heavy atom. The second kappa shape index (κ2) is 6.52. The minimum Gasteiger partial charge on any atom is -0.299 e. The molecule has 0 radical (unpaired) electrons. The fraction of sp³-hybridized carbons (Fsp3) is 0.500. The van der Waals surface area contributed by atoms with Gasteiger partial charge in [-0.2, -0.15) is 9.57 Å². The summed E-state index contributed by atoms with van der Waals surface area (Å²) < 4.78 is 39.1. The minimum absolute atomic E-state index is 0.0646. The summed E-state index contributed by atoms with van der Waals surface area (Å²) in [6, 6.07) is 7.05. The third-order valence-corrected chi connectivity index (χ3v) is 5.45. The standard InChI is InChI=1S/C14H18FN3O2S/c1-12(10-16)11-17-6-8-18(9-7-17)21(19,20)14-4-2-13(15)3-5-14/h2-5,12H,6-9,11H2,1H3/t12-/m0/s1. The predicted octanol–water partition coefficient (Wildman–Crippen LogP) is 1.29. The van der Waals surface area contributed by atoms with Gasteiger partial charge in [0.15, 0.2) is 0 Å². The lowest BCUT2D eigenvalue weighted by Gasteiger charge is -2.34. The maximum Gasteiger partial charge on any atom is 0.243 e. The molecule has 1 aliphatic rings. The van der Waals surface area contributed by atoms with E-state index in [-0.39, 0.29) is 10.8 Å². The van der Waals surface area contributed by atoms with E-state index in [2.05, 4.69) is 11.0 Å². The van der Waals surface area contributed by atoms with Gasteiger partial charge in [-0.1, -0.05) is 0 Å². The predicted molar refractivity (Wildman–Crippen MR) is 76.4 cm³/mol. The molecule has 21 heavy (non-hydrogen) atoms. The topological polar surface area (TPSA) is 64.4 Å². The summed E-state index contributed by atoms with van der Waals surface area (Å²) in [4.78, 5) is 2.20. The number of nitrogens with zero attached hydrogens (tertiary/aromatic N) is 3. The quantitative estimate of drug-likeness (QED) is 0.840. The molecule has 0 bridgehead atoms. The monoisotopic (exact) mass is 311 g/mol.